The van der Waals surface area contributed by atoms with E-state index in [4.69, 9.17) is 9.47 Å². The molecule has 0 atom stereocenters. The molecule has 1 aromatic rings. The van der Waals surface area contributed by atoms with Crippen molar-refractivity contribution in [2.24, 2.45) is 0 Å². The van der Waals surface area contributed by atoms with Crippen molar-refractivity contribution in [2.75, 3.05) is 13.2 Å². The Bertz CT molecular complexity index is 376. The SMILES string of the molecule is CCCCNC=CCOC(=O)OCc1ccccc1. The van der Waals surface area contributed by atoms with Gasteiger partial charge >= 0.3 is 6.16 Å². The van der Waals surface area contributed by atoms with Crippen molar-refractivity contribution in [3.63, 3.8) is 0 Å². The van der Waals surface area contributed by atoms with Gasteiger partial charge in [0.25, 0.3) is 0 Å². The van der Waals surface area contributed by atoms with E-state index < -0.39 is 6.16 Å². The molecule has 19 heavy (non-hydrogen) atoms. The summed E-state index contributed by atoms with van der Waals surface area (Å²) in [6.07, 6.45) is 5.18. The Hall–Kier alpha value is -1.97. The minimum absolute atomic E-state index is 0.215. The van der Waals surface area contributed by atoms with E-state index >= 15 is 0 Å². The normalized spacial score (nSPS) is 10.4. The highest BCUT2D eigenvalue weighted by Gasteiger charge is 2.02. The smallest absolute Gasteiger partial charge is 0.430 e. The Kier molecular flexibility index (Phi) is 7.94. The third-order valence-electron chi connectivity index (χ3n) is 2.41. The second kappa shape index (κ2) is 10.00. The quantitative estimate of drug-likeness (QED) is 0.578. The Morgan fingerprint density at radius 1 is 1.26 bits per heavy atom. The molecule has 0 aliphatic rings. The number of nitrogens with one attached hydrogen (secondary N) is 1. The maximum Gasteiger partial charge on any atom is 0.508 e. The van der Waals surface area contributed by atoms with Crippen LogP contribution in [0.15, 0.2) is 42.6 Å². The molecule has 0 saturated heterocycles. The Morgan fingerprint density at radius 2 is 2.05 bits per heavy atom. The number of carbonyl (C=O) groups excluding carboxylic acids is 1. The van der Waals surface area contributed by atoms with Gasteiger partial charge in [0.2, 0.25) is 0 Å². The van der Waals surface area contributed by atoms with Crippen molar-refractivity contribution in [2.45, 2.75) is 26.4 Å². The third kappa shape index (κ3) is 7.86. The van der Waals surface area contributed by atoms with Crippen LogP contribution < -0.4 is 5.32 Å². The lowest BCUT2D eigenvalue weighted by Gasteiger charge is -2.04. The summed E-state index contributed by atoms with van der Waals surface area (Å²) in [4.78, 5) is 11.3. The van der Waals surface area contributed by atoms with Crippen LogP contribution in [0.25, 0.3) is 0 Å². The van der Waals surface area contributed by atoms with Crippen LogP contribution in [-0.4, -0.2) is 19.3 Å². The molecule has 0 bridgehead atoms. The summed E-state index contributed by atoms with van der Waals surface area (Å²) >= 11 is 0. The fraction of sp³-hybridized carbons (Fsp3) is 0.400. The van der Waals surface area contributed by atoms with E-state index in [0.29, 0.717) is 0 Å². The minimum Gasteiger partial charge on any atom is -0.430 e. The highest BCUT2D eigenvalue weighted by Crippen LogP contribution is 2.01. The predicted octanol–water partition coefficient (Wildman–Crippen LogP) is 3.24. The second-order valence-electron chi connectivity index (χ2n) is 4.05. The number of hydrogen-bond acceptors (Lipinski definition) is 4. The highest BCUT2D eigenvalue weighted by molar-refractivity contribution is 5.60. The molecule has 4 heteroatoms. The Labute approximate surface area is 114 Å². The second-order valence-corrected chi connectivity index (χ2v) is 4.05. The van der Waals surface area contributed by atoms with Crippen LogP contribution in [0.4, 0.5) is 4.79 Å². The molecule has 0 aliphatic heterocycles. The predicted molar refractivity (Wildman–Crippen MR) is 74.6 cm³/mol. The van der Waals surface area contributed by atoms with Gasteiger partial charge in [-0.25, -0.2) is 4.79 Å². The molecule has 1 N–H and O–H groups in total. The summed E-state index contributed by atoms with van der Waals surface area (Å²) in [5.41, 5.74) is 0.941. The summed E-state index contributed by atoms with van der Waals surface area (Å²) < 4.78 is 9.84. The van der Waals surface area contributed by atoms with Crippen molar-refractivity contribution in [3.05, 3.63) is 48.2 Å². The van der Waals surface area contributed by atoms with Crippen LogP contribution in [0.5, 0.6) is 0 Å². The molecule has 4 nitrogen and oxygen atoms in total. The van der Waals surface area contributed by atoms with E-state index in [1.165, 1.54) is 0 Å². The van der Waals surface area contributed by atoms with Crippen LogP contribution in [-0.2, 0) is 16.1 Å². The fourth-order valence-electron chi connectivity index (χ4n) is 1.37. The number of ether oxygens (including phenoxy) is 2. The number of benzene rings is 1. The van der Waals surface area contributed by atoms with Gasteiger partial charge in [0.1, 0.15) is 13.2 Å². The highest BCUT2D eigenvalue weighted by atomic mass is 16.7. The summed E-state index contributed by atoms with van der Waals surface area (Å²) in [6, 6.07) is 9.50. The van der Waals surface area contributed by atoms with Crippen molar-refractivity contribution in [1.82, 2.24) is 5.32 Å². The number of rotatable bonds is 8. The molecule has 0 aromatic heterocycles. The van der Waals surface area contributed by atoms with E-state index in [1.807, 2.05) is 30.3 Å². The first-order valence-electron chi connectivity index (χ1n) is 6.54. The topological polar surface area (TPSA) is 47.6 Å². The molecule has 104 valence electrons. The van der Waals surface area contributed by atoms with Crippen LogP contribution in [0.1, 0.15) is 25.3 Å². The van der Waals surface area contributed by atoms with Crippen LogP contribution in [0, 0.1) is 0 Å². The molecule has 1 aromatic carbocycles. The molecule has 0 unspecified atom stereocenters. The summed E-state index contributed by atoms with van der Waals surface area (Å²) in [5.74, 6) is 0. The maximum atomic E-state index is 11.3. The van der Waals surface area contributed by atoms with Crippen molar-refractivity contribution >= 4 is 6.16 Å². The molecule has 1 rings (SSSR count). The van der Waals surface area contributed by atoms with Crippen LogP contribution in [0.3, 0.4) is 0 Å². The number of carbonyl (C=O) groups is 1. The first-order valence-corrected chi connectivity index (χ1v) is 6.54. The molecular formula is C15H21NO3. The van der Waals surface area contributed by atoms with Crippen molar-refractivity contribution in [1.29, 1.82) is 0 Å². The van der Waals surface area contributed by atoms with Crippen LogP contribution >= 0.6 is 0 Å². The Balaban J connectivity index is 2.05. The van der Waals surface area contributed by atoms with Gasteiger partial charge in [0.05, 0.1) is 0 Å². The van der Waals surface area contributed by atoms with Gasteiger partial charge in [-0.2, -0.15) is 0 Å². The lowest BCUT2D eigenvalue weighted by Crippen LogP contribution is -2.09. The van der Waals surface area contributed by atoms with Gasteiger partial charge in [-0.3, -0.25) is 0 Å². The average molecular weight is 263 g/mol. The van der Waals surface area contributed by atoms with Gasteiger partial charge in [-0.15, -0.1) is 0 Å². The Morgan fingerprint density at radius 3 is 2.79 bits per heavy atom. The standard InChI is InChI=1S/C15H21NO3/c1-2-3-10-16-11-7-12-18-15(17)19-13-14-8-5-4-6-9-14/h4-9,11,16H,2-3,10,12-13H2,1H3. The van der Waals surface area contributed by atoms with Gasteiger partial charge in [0, 0.05) is 6.54 Å². The van der Waals surface area contributed by atoms with E-state index in [-0.39, 0.29) is 13.2 Å². The van der Waals surface area contributed by atoms with E-state index in [9.17, 15) is 4.79 Å². The molecule has 0 radical (unpaired) electrons. The van der Waals surface area contributed by atoms with Crippen molar-refractivity contribution in [3.8, 4) is 0 Å². The summed E-state index contributed by atoms with van der Waals surface area (Å²) in [6.45, 7) is 3.52. The molecule has 0 saturated carbocycles. The monoisotopic (exact) mass is 263 g/mol. The summed E-state index contributed by atoms with van der Waals surface area (Å²) in [7, 11) is 0. The van der Waals surface area contributed by atoms with Gasteiger partial charge in [-0.1, -0.05) is 43.7 Å². The molecule has 0 aliphatic carbocycles. The zero-order valence-electron chi connectivity index (χ0n) is 11.3. The molecule has 0 amide bonds. The van der Waals surface area contributed by atoms with Crippen LogP contribution in [0.2, 0.25) is 0 Å². The maximum absolute atomic E-state index is 11.3. The van der Waals surface area contributed by atoms with Gasteiger partial charge in [0.15, 0.2) is 0 Å². The van der Waals surface area contributed by atoms with E-state index in [0.717, 1.165) is 24.9 Å². The average Bonchev–Trinajstić information content (AvgIpc) is 2.45. The number of hydrogen-bond donors (Lipinski definition) is 1. The first kappa shape index (κ1) is 15.1. The summed E-state index contributed by atoms with van der Waals surface area (Å²) in [5, 5.41) is 3.11. The largest absolute Gasteiger partial charge is 0.508 e. The number of unbranched alkanes of at least 4 members (excludes halogenated alkanes) is 1. The van der Waals surface area contributed by atoms with Gasteiger partial charge < -0.3 is 14.8 Å². The third-order valence-corrected chi connectivity index (χ3v) is 2.41. The zero-order valence-corrected chi connectivity index (χ0v) is 11.3. The molecule has 0 heterocycles. The molecule has 0 spiro atoms. The van der Waals surface area contributed by atoms with E-state index in [2.05, 4.69) is 12.2 Å². The van der Waals surface area contributed by atoms with Gasteiger partial charge in [-0.05, 0) is 24.3 Å². The first-order chi connectivity index (χ1) is 9.33. The van der Waals surface area contributed by atoms with Crippen molar-refractivity contribution < 1.29 is 14.3 Å². The zero-order chi connectivity index (χ0) is 13.8. The fourth-order valence-corrected chi connectivity index (χ4v) is 1.37. The minimum atomic E-state index is -0.651. The molecule has 0 fully saturated rings. The molecular weight excluding hydrogens is 242 g/mol. The lowest BCUT2D eigenvalue weighted by molar-refractivity contribution is 0.0576. The van der Waals surface area contributed by atoms with E-state index in [1.54, 1.807) is 12.3 Å². The lowest BCUT2D eigenvalue weighted by atomic mass is 10.2.